The van der Waals surface area contributed by atoms with E-state index in [4.69, 9.17) is 0 Å². The van der Waals surface area contributed by atoms with E-state index in [1.165, 1.54) is 17.0 Å². The first-order chi connectivity index (χ1) is 13.4. The number of nitrogens with one attached hydrogen (secondary N) is 1. The molecule has 0 spiro atoms. The van der Waals surface area contributed by atoms with Crippen molar-refractivity contribution in [2.45, 2.75) is 19.1 Å². The zero-order chi connectivity index (χ0) is 20.1. The van der Waals surface area contributed by atoms with E-state index in [-0.39, 0.29) is 35.4 Å². The SMILES string of the molecule is O=C(CNc1ccccc1OC(F)F)N(c1ccccc1)C1CCS(=O)(=O)C1. The maximum absolute atomic E-state index is 12.9. The van der Waals surface area contributed by atoms with Gasteiger partial charge in [0.05, 0.1) is 29.8 Å². The fourth-order valence-electron chi connectivity index (χ4n) is 3.19. The highest BCUT2D eigenvalue weighted by Crippen LogP contribution is 2.27. The number of hydrogen-bond donors (Lipinski definition) is 1. The van der Waals surface area contributed by atoms with Crippen LogP contribution < -0.4 is 15.0 Å². The summed E-state index contributed by atoms with van der Waals surface area (Å²) in [6.07, 6.45) is 0.355. The van der Waals surface area contributed by atoms with Crippen LogP contribution in [0.25, 0.3) is 0 Å². The molecule has 1 heterocycles. The van der Waals surface area contributed by atoms with Crippen LogP contribution in [0.4, 0.5) is 20.2 Å². The molecule has 0 aliphatic carbocycles. The van der Waals surface area contributed by atoms with Crippen molar-refractivity contribution in [3.05, 3.63) is 54.6 Å². The number of carbonyl (C=O) groups excluding carboxylic acids is 1. The Morgan fingerprint density at radius 3 is 2.46 bits per heavy atom. The molecule has 1 unspecified atom stereocenters. The summed E-state index contributed by atoms with van der Waals surface area (Å²) in [7, 11) is -3.19. The van der Waals surface area contributed by atoms with Crippen LogP contribution in [0.5, 0.6) is 5.75 Å². The molecule has 1 N–H and O–H groups in total. The highest BCUT2D eigenvalue weighted by Gasteiger charge is 2.35. The number of amides is 1. The van der Waals surface area contributed by atoms with Crippen molar-refractivity contribution >= 4 is 27.1 Å². The highest BCUT2D eigenvalue weighted by molar-refractivity contribution is 7.91. The summed E-state index contributed by atoms with van der Waals surface area (Å²) in [6.45, 7) is -3.18. The van der Waals surface area contributed by atoms with Crippen molar-refractivity contribution in [3.8, 4) is 5.75 Å². The van der Waals surface area contributed by atoms with Crippen LogP contribution in [-0.2, 0) is 14.6 Å². The maximum atomic E-state index is 12.9. The predicted octanol–water partition coefficient (Wildman–Crippen LogP) is 2.92. The molecule has 1 saturated heterocycles. The van der Waals surface area contributed by atoms with Crippen molar-refractivity contribution in [1.82, 2.24) is 0 Å². The number of carbonyl (C=O) groups is 1. The summed E-state index contributed by atoms with van der Waals surface area (Å²) in [5.41, 5.74) is 0.844. The molecule has 28 heavy (non-hydrogen) atoms. The van der Waals surface area contributed by atoms with Crippen LogP contribution in [0.15, 0.2) is 54.6 Å². The lowest BCUT2D eigenvalue weighted by Gasteiger charge is -2.28. The minimum absolute atomic E-state index is 0.0345. The van der Waals surface area contributed by atoms with Crippen LogP contribution in [0, 0.1) is 0 Å². The molecule has 0 radical (unpaired) electrons. The fraction of sp³-hybridized carbons (Fsp3) is 0.316. The number of rotatable bonds is 7. The number of anilines is 2. The van der Waals surface area contributed by atoms with E-state index in [1.807, 2.05) is 0 Å². The topological polar surface area (TPSA) is 75.7 Å². The highest BCUT2D eigenvalue weighted by atomic mass is 32.2. The molecule has 1 aliphatic heterocycles. The lowest BCUT2D eigenvalue weighted by molar-refractivity contribution is -0.117. The molecular formula is C19H20F2N2O4S. The van der Waals surface area contributed by atoms with E-state index in [0.29, 0.717) is 12.1 Å². The van der Waals surface area contributed by atoms with Crippen molar-refractivity contribution in [2.24, 2.45) is 0 Å². The van der Waals surface area contributed by atoms with Gasteiger partial charge in [-0.15, -0.1) is 0 Å². The molecule has 150 valence electrons. The molecule has 9 heteroatoms. The maximum Gasteiger partial charge on any atom is 0.387 e. The van der Waals surface area contributed by atoms with Crippen LogP contribution in [0.3, 0.4) is 0 Å². The Hall–Kier alpha value is -2.68. The molecule has 2 aromatic rings. The average molecular weight is 410 g/mol. The van der Waals surface area contributed by atoms with Crippen LogP contribution in [-0.4, -0.2) is 45.0 Å². The smallest absolute Gasteiger partial charge is 0.387 e. The quantitative estimate of drug-likeness (QED) is 0.760. The van der Waals surface area contributed by atoms with Gasteiger partial charge in [-0.25, -0.2) is 8.42 Å². The molecule has 0 bridgehead atoms. The number of sulfone groups is 1. The van der Waals surface area contributed by atoms with Gasteiger partial charge in [-0.2, -0.15) is 8.78 Å². The summed E-state index contributed by atoms with van der Waals surface area (Å²) >= 11 is 0. The van der Waals surface area contributed by atoms with Crippen LogP contribution in [0.1, 0.15) is 6.42 Å². The Balaban J connectivity index is 1.78. The van der Waals surface area contributed by atoms with Gasteiger partial charge in [-0.3, -0.25) is 4.79 Å². The van der Waals surface area contributed by atoms with Crippen LogP contribution in [0.2, 0.25) is 0 Å². The Kier molecular flexibility index (Phi) is 6.13. The molecule has 3 rings (SSSR count). The van der Waals surface area contributed by atoms with E-state index in [9.17, 15) is 22.0 Å². The first-order valence-electron chi connectivity index (χ1n) is 8.71. The Labute approximate surface area is 162 Å². The lowest BCUT2D eigenvalue weighted by Crippen LogP contribution is -2.44. The van der Waals surface area contributed by atoms with E-state index in [2.05, 4.69) is 10.1 Å². The van der Waals surface area contributed by atoms with Gasteiger partial charge in [-0.05, 0) is 30.7 Å². The zero-order valence-electron chi connectivity index (χ0n) is 14.9. The van der Waals surface area contributed by atoms with Gasteiger partial charge in [0.25, 0.3) is 0 Å². The molecule has 1 atom stereocenters. The summed E-state index contributed by atoms with van der Waals surface area (Å²) in [6, 6.07) is 14.4. The third kappa shape index (κ3) is 4.98. The van der Waals surface area contributed by atoms with Gasteiger partial charge in [0.15, 0.2) is 9.84 Å². The van der Waals surface area contributed by atoms with Gasteiger partial charge in [0.1, 0.15) is 5.75 Å². The third-order valence-corrected chi connectivity index (χ3v) is 6.16. The number of halogens is 2. The molecule has 0 saturated carbocycles. The number of nitrogens with zero attached hydrogens (tertiary/aromatic N) is 1. The van der Waals surface area contributed by atoms with Crippen molar-refractivity contribution < 1.29 is 26.7 Å². The number of hydrogen-bond acceptors (Lipinski definition) is 5. The molecule has 1 amide bonds. The first-order valence-corrected chi connectivity index (χ1v) is 10.5. The zero-order valence-corrected chi connectivity index (χ0v) is 15.7. The van der Waals surface area contributed by atoms with Crippen LogP contribution >= 0.6 is 0 Å². The van der Waals surface area contributed by atoms with E-state index in [0.717, 1.165) is 0 Å². The second kappa shape index (κ2) is 8.55. The predicted molar refractivity (Wildman–Crippen MR) is 103 cm³/mol. The largest absolute Gasteiger partial charge is 0.433 e. The molecule has 1 fully saturated rings. The summed E-state index contributed by atoms with van der Waals surface area (Å²) in [4.78, 5) is 14.4. The Bertz CT molecular complexity index is 923. The fourth-order valence-corrected chi connectivity index (χ4v) is 4.89. The van der Waals surface area contributed by atoms with Gasteiger partial charge in [0.2, 0.25) is 5.91 Å². The molecule has 1 aliphatic rings. The van der Waals surface area contributed by atoms with Crippen molar-refractivity contribution in [1.29, 1.82) is 0 Å². The monoisotopic (exact) mass is 410 g/mol. The van der Waals surface area contributed by atoms with E-state index >= 15 is 0 Å². The lowest BCUT2D eigenvalue weighted by atomic mass is 10.1. The minimum atomic E-state index is -3.19. The van der Waals surface area contributed by atoms with Gasteiger partial charge in [0, 0.05) is 5.69 Å². The Morgan fingerprint density at radius 2 is 1.82 bits per heavy atom. The second-order valence-electron chi connectivity index (χ2n) is 6.38. The summed E-state index contributed by atoms with van der Waals surface area (Å²) < 4.78 is 53.3. The molecule has 2 aromatic carbocycles. The third-order valence-electron chi connectivity index (χ3n) is 4.41. The van der Waals surface area contributed by atoms with Gasteiger partial charge >= 0.3 is 6.61 Å². The number of ether oxygens (including phenoxy) is 1. The van der Waals surface area contributed by atoms with Gasteiger partial charge in [-0.1, -0.05) is 30.3 Å². The number of benzene rings is 2. The van der Waals surface area contributed by atoms with Gasteiger partial charge < -0.3 is 15.0 Å². The summed E-state index contributed by atoms with van der Waals surface area (Å²) in [5.74, 6) is -0.494. The van der Waals surface area contributed by atoms with Crippen molar-refractivity contribution in [3.63, 3.8) is 0 Å². The first kappa shape index (κ1) is 20.1. The standard InChI is InChI=1S/C19H20F2N2O4S/c20-19(21)27-17-9-5-4-8-16(17)22-12-18(24)23(14-6-2-1-3-7-14)15-10-11-28(25,26)13-15/h1-9,15,19,22H,10-13H2. The van der Waals surface area contributed by atoms with E-state index in [1.54, 1.807) is 42.5 Å². The molecule has 0 aromatic heterocycles. The average Bonchev–Trinajstić information content (AvgIpc) is 3.01. The second-order valence-corrected chi connectivity index (χ2v) is 8.61. The molecule has 6 nitrogen and oxygen atoms in total. The molecular weight excluding hydrogens is 390 g/mol. The normalized spacial score (nSPS) is 18.0. The Morgan fingerprint density at radius 1 is 1.14 bits per heavy atom. The van der Waals surface area contributed by atoms with Crippen molar-refractivity contribution in [2.75, 3.05) is 28.3 Å². The van der Waals surface area contributed by atoms with E-state index < -0.39 is 22.5 Å². The number of alkyl halides is 2. The number of para-hydroxylation sites is 3. The minimum Gasteiger partial charge on any atom is -0.433 e. The summed E-state index contributed by atoms with van der Waals surface area (Å²) in [5, 5.41) is 2.81.